The number of halogens is 1. The first-order valence-corrected chi connectivity index (χ1v) is 3.78. The van der Waals surface area contributed by atoms with E-state index >= 15 is 0 Å². The molecule has 0 radical (unpaired) electrons. The van der Waals surface area contributed by atoms with Gasteiger partial charge in [0.25, 0.3) is 5.69 Å². The molecule has 0 heterocycles. The molecule has 1 rings (SSSR count). The first-order chi connectivity index (χ1) is 6.06. The van der Waals surface area contributed by atoms with Crippen molar-refractivity contribution in [1.82, 2.24) is 0 Å². The van der Waals surface area contributed by atoms with Gasteiger partial charge < -0.3 is 0 Å². The van der Waals surface area contributed by atoms with Gasteiger partial charge in [-0.1, -0.05) is 11.6 Å². The number of nitrogens with zero attached hydrogens (tertiary/aromatic N) is 2. The molecular formula is C8H5ClN2O2. The Morgan fingerprint density at radius 2 is 2.23 bits per heavy atom. The van der Waals surface area contributed by atoms with Crippen molar-refractivity contribution in [2.75, 3.05) is 0 Å². The fourth-order valence-electron chi connectivity index (χ4n) is 0.922. The quantitative estimate of drug-likeness (QED) is 0.512. The lowest BCUT2D eigenvalue weighted by Gasteiger charge is -1.98. The molecule has 0 atom stereocenters. The van der Waals surface area contributed by atoms with Gasteiger partial charge in [0.05, 0.1) is 16.6 Å². The molecule has 13 heavy (non-hydrogen) atoms. The first-order valence-electron chi connectivity index (χ1n) is 3.41. The third kappa shape index (κ3) is 1.76. The number of aryl methyl sites for hydroxylation is 1. The predicted octanol–water partition coefficient (Wildman–Crippen LogP) is 2.43. The fraction of sp³-hybridized carbons (Fsp3) is 0.125. The van der Waals surface area contributed by atoms with Crippen molar-refractivity contribution in [3.8, 4) is 6.07 Å². The van der Waals surface area contributed by atoms with Crippen LogP contribution < -0.4 is 0 Å². The molecule has 0 N–H and O–H groups in total. The number of nitro groups is 1. The minimum absolute atomic E-state index is 0.0569. The van der Waals surface area contributed by atoms with Gasteiger partial charge in [-0.25, -0.2) is 0 Å². The Kier molecular flexibility index (Phi) is 2.49. The molecule has 5 heteroatoms. The maximum absolute atomic E-state index is 10.4. The summed E-state index contributed by atoms with van der Waals surface area (Å²) >= 11 is 5.60. The molecule has 0 saturated carbocycles. The van der Waals surface area contributed by atoms with E-state index in [0.717, 1.165) is 0 Å². The molecule has 1 aromatic carbocycles. The molecule has 0 aliphatic rings. The minimum atomic E-state index is -0.609. The summed E-state index contributed by atoms with van der Waals surface area (Å²) in [5.74, 6) is 0. The second-order valence-electron chi connectivity index (χ2n) is 2.49. The third-order valence-corrected chi connectivity index (χ3v) is 1.91. The zero-order chi connectivity index (χ0) is 10.0. The Morgan fingerprint density at radius 3 is 2.69 bits per heavy atom. The zero-order valence-electron chi connectivity index (χ0n) is 6.74. The lowest BCUT2D eigenvalue weighted by atomic mass is 10.1. The summed E-state index contributed by atoms with van der Waals surface area (Å²) in [5.41, 5.74) is 0.679. The van der Waals surface area contributed by atoms with Gasteiger partial charge in [-0.15, -0.1) is 0 Å². The lowest BCUT2D eigenvalue weighted by Crippen LogP contribution is -1.92. The van der Waals surface area contributed by atoms with Crippen LogP contribution in [0.15, 0.2) is 12.1 Å². The van der Waals surface area contributed by atoms with Crippen LogP contribution in [0.25, 0.3) is 0 Å². The summed E-state index contributed by atoms with van der Waals surface area (Å²) in [6.07, 6.45) is 0. The van der Waals surface area contributed by atoms with Crippen LogP contribution in [-0.2, 0) is 0 Å². The number of nitro benzene ring substituents is 1. The van der Waals surface area contributed by atoms with Gasteiger partial charge in [0, 0.05) is 6.07 Å². The zero-order valence-corrected chi connectivity index (χ0v) is 7.50. The number of hydrogen-bond donors (Lipinski definition) is 0. The van der Waals surface area contributed by atoms with Crippen LogP contribution in [0.5, 0.6) is 0 Å². The molecule has 0 amide bonds. The Hall–Kier alpha value is -1.60. The second-order valence-corrected chi connectivity index (χ2v) is 2.89. The van der Waals surface area contributed by atoms with Crippen LogP contribution >= 0.6 is 11.6 Å². The van der Waals surface area contributed by atoms with Crippen LogP contribution in [0.2, 0.25) is 5.02 Å². The Labute approximate surface area is 79.5 Å². The Bertz CT molecular complexity index is 409. The van der Waals surface area contributed by atoms with Crippen LogP contribution in [-0.4, -0.2) is 4.92 Å². The molecule has 4 nitrogen and oxygen atoms in total. The molecule has 0 aliphatic heterocycles. The van der Waals surface area contributed by atoms with Gasteiger partial charge >= 0.3 is 0 Å². The largest absolute Gasteiger partial charge is 0.289 e. The molecule has 66 valence electrons. The van der Waals surface area contributed by atoms with E-state index in [2.05, 4.69) is 0 Å². The van der Waals surface area contributed by atoms with E-state index < -0.39 is 4.92 Å². The monoisotopic (exact) mass is 196 g/mol. The SMILES string of the molecule is Cc1cc(Cl)c([N+](=O)[O-])cc1C#N. The van der Waals surface area contributed by atoms with Crippen LogP contribution in [0.1, 0.15) is 11.1 Å². The smallest absolute Gasteiger partial charge is 0.258 e. The minimum Gasteiger partial charge on any atom is -0.258 e. The van der Waals surface area contributed by atoms with Crippen molar-refractivity contribution in [2.24, 2.45) is 0 Å². The maximum atomic E-state index is 10.4. The van der Waals surface area contributed by atoms with Crippen LogP contribution in [0, 0.1) is 28.4 Å². The van der Waals surface area contributed by atoms with Crippen molar-refractivity contribution >= 4 is 17.3 Å². The van der Waals surface area contributed by atoms with Gasteiger partial charge in [-0.2, -0.15) is 5.26 Å². The molecule has 0 aliphatic carbocycles. The first kappa shape index (κ1) is 9.49. The second kappa shape index (κ2) is 3.42. The van der Waals surface area contributed by atoms with E-state index in [1.54, 1.807) is 6.92 Å². The van der Waals surface area contributed by atoms with Crippen molar-refractivity contribution in [3.63, 3.8) is 0 Å². The molecule has 0 saturated heterocycles. The van der Waals surface area contributed by atoms with E-state index in [1.165, 1.54) is 12.1 Å². The van der Waals surface area contributed by atoms with Crippen molar-refractivity contribution in [2.45, 2.75) is 6.92 Å². The van der Waals surface area contributed by atoms with Crippen LogP contribution in [0.3, 0.4) is 0 Å². The normalized spacial score (nSPS) is 9.31. The Balaban J connectivity index is 3.41. The van der Waals surface area contributed by atoms with Crippen molar-refractivity contribution in [1.29, 1.82) is 5.26 Å². The standard InChI is InChI=1S/C8H5ClN2O2/c1-5-2-7(9)8(11(12)13)3-6(5)4-10/h2-3H,1H3. The third-order valence-electron chi connectivity index (χ3n) is 1.61. The van der Waals surface area contributed by atoms with E-state index in [1.807, 2.05) is 6.07 Å². The van der Waals surface area contributed by atoms with E-state index in [9.17, 15) is 10.1 Å². The average Bonchev–Trinajstić information content (AvgIpc) is 2.03. The predicted molar refractivity (Wildman–Crippen MR) is 47.6 cm³/mol. The molecule has 0 aromatic heterocycles. The lowest BCUT2D eigenvalue weighted by molar-refractivity contribution is -0.384. The summed E-state index contributed by atoms with van der Waals surface area (Å²) < 4.78 is 0. The summed E-state index contributed by atoms with van der Waals surface area (Å²) in [4.78, 5) is 9.80. The maximum Gasteiger partial charge on any atom is 0.289 e. The molecule has 1 aromatic rings. The highest BCUT2D eigenvalue weighted by Gasteiger charge is 2.14. The van der Waals surface area contributed by atoms with E-state index in [4.69, 9.17) is 16.9 Å². The van der Waals surface area contributed by atoms with Crippen molar-refractivity contribution < 1.29 is 4.92 Å². The summed E-state index contributed by atoms with van der Waals surface area (Å²) in [7, 11) is 0. The van der Waals surface area contributed by atoms with Gasteiger partial charge in [0.15, 0.2) is 0 Å². The molecule has 0 unspecified atom stereocenters. The highest BCUT2D eigenvalue weighted by molar-refractivity contribution is 6.32. The molecular weight excluding hydrogens is 192 g/mol. The van der Waals surface area contributed by atoms with Crippen molar-refractivity contribution in [3.05, 3.63) is 38.4 Å². The number of benzene rings is 1. The number of nitriles is 1. The summed E-state index contributed by atoms with van der Waals surface area (Å²) in [5, 5.41) is 19.1. The fourth-order valence-corrected chi connectivity index (χ4v) is 1.21. The Morgan fingerprint density at radius 1 is 1.62 bits per heavy atom. The van der Waals surface area contributed by atoms with Crippen LogP contribution in [0.4, 0.5) is 5.69 Å². The number of rotatable bonds is 1. The average molecular weight is 197 g/mol. The van der Waals surface area contributed by atoms with Gasteiger partial charge in [-0.05, 0) is 18.6 Å². The summed E-state index contributed by atoms with van der Waals surface area (Å²) in [6, 6.07) is 4.45. The van der Waals surface area contributed by atoms with Gasteiger partial charge in [-0.3, -0.25) is 10.1 Å². The van der Waals surface area contributed by atoms with Gasteiger partial charge in [0.2, 0.25) is 0 Å². The summed E-state index contributed by atoms with van der Waals surface area (Å²) in [6.45, 7) is 1.67. The van der Waals surface area contributed by atoms with Gasteiger partial charge in [0.1, 0.15) is 5.02 Å². The molecule has 0 bridgehead atoms. The highest BCUT2D eigenvalue weighted by atomic mass is 35.5. The molecule has 0 spiro atoms. The molecule has 0 fully saturated rings. The topological polar surface area (TPSA) is 66.9 Å². The number of hydrogen-bond acceptors (Lipinski definition) is 3. The van der Waals surface area contributed by atoms with E-state index in [-0.39, 0.29) is 16.3 Å². The van der Waals surface area contributed by atoms with E-state index in [0.29, 0.717) is 5.56 Å². The highest BCUT2D eigenvalue weighted by Crippen LogP contribution is 2.27.